The first-order chi connectivity index (χ1) is 9.41. The fourth-order valence-electron chi connectivity index (χ4n) is 2.37. The number of benzene rings is 1. The van der Waals surface area contributed by atoms with Gasteiger partial charge in [0.15, 0.2) is 5.84 Å². The van der Waals surface area contributed by atoms with Crippen LogP contribution in [0.5, 0.6) is 0 Å². The van der Waals surface area contributed by atoms with Crippen molar-refractivity contribution in [3.05, 3.63) is 29.8 Å². The van der Waals surface area contributed by atoms with E-state index in [9.17, 15) is 13.2 Å². The Morgan fingerprint density at radius 1 is 1.20 bits per heavy atom. The van der Waals surface area contributed by atoms with Crippen molar-refractivity contribution in [3.63, 3.8) is 0 Å². The van der Waals surface area contributed by atoms with Gasteiger partial charge in [0.1, 0.15) is 0 Å². The Bertz CT molecular complexity index is 477. The number of anilines is 1. The highest BCUT2D eigenvalue weighted by Gasteiger charge is 2.41. The van der Waals surface area contributed by atoms with E-state index in [0.29, 0.717) is 18.7 Å². The molecule has 1 heterocycles. The van der Waals surface area contributed by atoms with Crippen LogP contribution in [0.2, 0.25) is 0 Å². The zero-order valence-corrected chi connectivity index (χ0v) is 10.8. The van der Waals surface area contributed by atoms with Crippen molar-refractivity contribution in [2.24, 2.45) is 16.8 Å². The molecule has 2 rings (SSSR count). The zero-order valence-electron chi connectivity index (χ0n) is 10.8. The van der Waals surface area contributed by atoms with Crippen LogP contribution in [0.15, 0.2) is 29.4 Å². The second-order valence-electron chi connectivity index (χ2n) is 4.84. The molecule has 1 saturated heterocycles. The van der Waals surface area contributed by atoms with Crippen molar-refractivity contribution in [3.8, 4) is 0 Å². The van der Waals surface area contributed by atoms with Crippen molar-refractivity contribution < 1.29 is 18.4 Å². The molecule has 1 fully saturated rings. The Hall–Kier alpha value is -1.92. The molecule has 4 nitrogen and oxygen atoms in total. The molecule has 0 radical (unpaired) electrons. The molecule has 0 saturated carbocycles. The average molecular weight is 287 g/mol. The van der Waals surface area contributed by atoms with Crippen LogP contribution in [0.1, 0.15) is 18.4 Å². The van der Waals surface area contributed by atoms with Gasteiger partial charge in [0, 0.05) is 24.3 Å². The highest BCUT2D eigenvalue weighted by Crippen LogP contribution is 2.35. The van der Waals surface area contributed by atoms with Crippen LogP contribution in [0.3, 0.4) is 0 Å². The summed E-state index contributed by atoms with van der Waals surface area (Å²) in [4.78, 5) is 1.91. The minimum Gasteiger partial charge on any atom is -0.409 e. The van der Waals surface area contributed by atoms with Gasteiger partial charge in [0.25, 0.3) is 0 Å². The summed E-state index contributed by atoms with van der Waals surface area (Å²) < 4.78 is 37.7. The maximum Gasteiger partial charge on any atom is 0.391 e. The first-order valence-corrected chi connectivity index (χ1v) is 6.31. The second-order valence-corrected chi connectivity index (χ2v) is 4.84. The third-order valence-electron chi connectivity index (χ3n) is 3.59. The van der Waals surface area contributed by atoms with Crippen LogP contribution in [-0.4, -0.2) is 30.3 Å². The number of amidine groups is 1. The number of oxime groups is 1. The predicted molar refractivity (Wildman–Crippen MR) is 69.9 cm³/mol. The van der Waals surface area contributed by atoms with Crippen LogP contribution in [0.25, 0.3) is 0 Å². The number of piperidine rings is 1. The molecule has 20 heavy (non-hydrogen) atoms. The van der Waals surface area contributed by atoms with Gasteiger partial charge in [0.05, 0.1) is 5.92 Å². The third kappa shape index (κ3) is 3.15. The molecule has 1 aliphatic rings. The molecule has 110 valence electrons. The van der Waals surface area contributed by atoms with Crippen LogP contribution in [0.4, 0.5) is 18.9 Å². The first kappa shape index (κ1) is 14.5. The summed E-state index contributed by atoms with van der Waals surface area (Å²) in [6.45, 7) is 0.764. The monoisotopic (exact) mass is 287 g/mol. The maximum absolute atomic E-state index is 12.6. The molecule has 0 spiro atoms. The largest absolute Gasteiger partial charge is 0.409 e. The standard InChI is InChI=1S/C13H16F3N3O/c14-13(15,16)10-5-7-19(8-6-10)11-3-1-9(2-4-11)12(17)18-20/h1-4,10,20H,5-8H2,(H2,17,18). The van der Waals surface area contributed by atoms with Gasteiger partial charge in [-0.3, -0.25) is 0 Å². The number of alkyl halides is 3. The van der Waals surface area contributed by atoms with Crippen LogP contribution in [0, 0.1) is 5.92 Å². The smallest absolute Gasteiger partial charge is 0.391 e. The van der Waals surface area contributed by atoms with Gasteiger partial charge >= 0.3 is 6.18 Å². The quantitative estimate of drug-likeness (QED) is 0.380. The number of hydrogen-bond donors (Lipinski definition) is 2. The number of hydrogen-bond acceptors (Lipinski definition) is 3. The molecule has 0 aliphatic carbocycles. The molecule has 1 aromatic rings. The molecule has 1 aromatic carbocycles. The Labute approximate surface area is 114 Å². The second kappa shape index (κ2) is 5.60. The lowest BCUT2D eigenvalue weighted by Gasteiger charge is -2.34. The molecule has 3 N–H and O–H groups in total. The predicted octanol–water partition coefficient (Wildman–Crippen LogP) is 2.56. The lowest BCUT2D eigenvalue weighted by Crippen LogP contribution is -2.39. The fourth-order valence-corrected chi connectivity index (χ4v) is 2.37. The SMILES string of the molecule is NC(=NO)c1ccc(N2CCC(C(F)(F)F)CC2)cc1. The molecular weight excluding hydrogens is 271 g/mol. The topological polar surface area (TPSA) is 61.9 Å². The lowest BCUT2D eigenvalue weighted by atomic mass is 9.96. The van der Waals surface area contributed by atoms with E-state index in [1.54, 1.807) is 24.3 Å². The van der Waals surface area contributed by atoms with Crippen LogP contribution in [-0.2, 0) is 0 Å². The van der Waals surface area contributed by atoms with E-state index in [-0.39, 0.29) is 18.7 Å². The number of nitrogens with two attached hydrogens (primary N) is 1. The van der Waals surface area contributed by atoms with E-state index < -0.39 is 12.1 Å². The number of nitrogens with zero attached hydrogens (tertiary/aromatic N) is 2. The molecule has 0 amide bonds. The van der Waals surface area contributed by atoms with E-state index in [4.69, 9.17) is 10.9 Å². The molecule has 1 aliphatic heterocycles. The van der Waals surface area contributed by atoms with Gasteiger partial charge in [-0.2, -0.15) is 13.2 Å². The fraction of sp³-hybridized carbons (Fsp3) is 0.462. The van der Waals surface area contributed by atoms with E-state index in [1.807, 2.05) is 4.90 Å². The van der Waals surface area contributed by atoms with Crippen molar-refractivity contribution >= 4 is 11.5 Å². The van der Waals surface area contributed by atoms with Crippen LogP contribution >= 0.6 is 0 Å². The number of halogens is 3. The molecule has 0 unspecified atom stereocenters. The minimum absolute atomic E-state index is 0.00679. The van der Waals surface area contributed by atoms with Gasteiger partial charge in [0.2, 0.25) is 0 Å². The minimum atomic E-state index is -4.10. The maximum atomic E-state index is 12.6. The Morgan fingerprint density at radius 3 is 2.20 bits per heavy atom. The molecule has 0 bridgehead atoms. The summed E-state index contributed by atoms with van der Waals surface area (Å²) in [5, 5.41) is 11.5. The Balaban J connectivity index is 2.01. The first-order valence-electron chi connectivity index (χ1n) is 6.31. The normalized spacial score (nSPS) is 18.4. The molecule has 0 atom stereocenters. The summed E-state index contributed by atoms with van der Waals surface area (Å²) in [5.41, 5.74) is 6.87. The van der Waals surface area contributed by atoms with E-state index in [1.165, 1.54) is 0 Å². The zero-order chi connectivity index (χ0) is 14.8. The van der Waals surface area contributed by atoms with Gasteiger partial charge < -0.3 is 15.8 Å². The average Bonchev–Trinajstić information content (AvgIpc) is 2.46. The summed E-state index contributed by atoms with van der Waals surface area (Å²) >= 11 is 0. The van der Waals surface area contributed by atoms with Gasteiger partial charge in [-0.25, -0.2) is 0 Å². The highest BCUT2D eigenvalue weighted by molar-refractivity contribution is 5.97. The van der Waals surface area contributed by atoms with Crippen molar-refractivity contribution in [1.29, 1.82) is 0 Å². The van der Waals surface area contributed by atoms with Gasteiger partial charge in [-0.05, 0) is 37.1 Å². The Morgan fingerprint density at radius 2 is 1.75 bits per heavy atom. The van der Waals surface area contributed by atoms with Crippen LogP contribution < -0.4 is 10.6 Å². The molecule has 7 heteroatoms. The number of rotatable bonds is 2. The van der Waals surface area contributed by atoms with Crippen molar-refractivity contribution in [2.75, 3.05) is 18.0 Å². The third-order valence-corrected chi connectivity index (χ3v) is 3.59. The van der Waals surface area contributed by atoms with Gasteiger partial charge in [-0.1, -0.05) is 5.16 Å². The Kier molecular flexibility index (Phi) is 4.06. The van der Waals surface area contributed by atoms with E-state index in [2.05, 4.69) is 5.16 Å². The lowest BCUT2D eigenvalue weighted by molar-refractivity contribution is -0.179. The van der Waals surface area contributed by atoms with E-state index >= 15 is 0 Å². The summed E-state index contributed by atoms with van der Waals surface area (Å²) in [5.74, 6) is -1.19. The van der Waals surface area contributed by atoms with Crippen molar-refractivity contribution in [1.82, 2.24) is 0 Å². The van der Waals surface area contributed by atoms with E-state index in [0.717, 1.165) is 5.69 Å². The summed E-state index contributed by atoms with van der Waals surface area (Å²) in [7, 11) is 0. The highest BCUT2D eigenvalue weighted by atomic mass is 19.4. The molecule has 0 aromatic heterocycles. The molecular formula is C13H16F3N3O. The summed E-state index contributed by atoms with van der Waals surface area (Å²) in [6.07, 6.45) is -3.86. The summed E-state index contributed by atoms with van der Waals surface area (Å²) in [6, 6.07) is 6.89. The van der Waals surface area contributed by atoms with Gasteiger partial charge in [-0.15, -0.1) is 0 Å². The van der Waals surface area contributed by atoms with Crippen molar-refractivity contribution in [2.45, 2.75) is 19.0 Å².